The van der Waals surface area contributed by atoms with Crippen molar-refractivity contribution in [1.82, 2.24) is 9.97 Å². The van der Waals surface area contributed by atoms with E-state index in [0.29, 0.717) is 17.5 Å². The van der Waals surface area contributed by atoms with E-state index < -0.39 is 0 Å². The Morgan fingerprint density at radius 3 is 2.75 bits per heavy atom. The molecule has 0 aliphatic heterocycles. The van der Waals surface area contributed by atoms with E-state index in [1.807, 2.05) is 36.4 Å². The van der Waals surface area contributed by atoms with Gasteiger partial charge in [-0.2, -0.15) is 0 Å². The number of fused-ring (bicyclic) bond motifs is 1. The van der Waals surface area contributed by atoms with E-state index in [0.717, 1.165) is 10.9 Å². The van der Waals surface area contributed by atoms with Gasteiger partial charge in [0.05, 0.1) is 11.7 Å². The lowest BCUT2D eigenvalue weighted by molar-refractivity contribution is 0.591. The van der Waals surface area contributed by atoms with Crippen molar-refractivity contribution in [1.29, 1.82) is 0 Å². The predicted octanol–water partition coefficient (Wildman–Crippen LogP) is 2.47. The number of aromatic nitrogens is 2. The molecule has 2 N–H and O–H groups in total. The van der Waals surface area contributed by atoms with Gasteiger partial charge in [0.15, 0.2) is 0 Å². The number of hydrogen-bond donors (Lipinski definition) is 1. The molecule has 0 fully saturated rings. The molecule has 0 aliphatic rings. The van der Waals surface area contributed by atoms with Crippen molar-refractivity contribution >= 4 is 16.8 Å². The van der Waals surface area contributed by atoms with E-state index in [-0.39, 0.29) is 0 Å². The molecule has 0 bridgehead atoms. The number of nitrogens with two attached hydrogens (primary N) is 1. The van der Waals surface area contributed by atoms with Gasteiger partial charge in [-0.25, -0.2) is 9.97 Å². The van der Waals surface area contributed by atoms with Crippen LogP contribution in [-0.4, -0.2) is 9.97 Å². The highest BCUT2D eigenvalue weighted by molar-refractivity contribution is 5.80. The average Bonchev–Trinajstić information content (AvgIpc) is 2.75. The Hall–Kier alpha value is -2.36. The minimum Gasteiger partial charge on any atom is -0.419 e. The van der Waals surface area contributed by atoms with Gasteiger partial charge in [-0.3, -0.25) is 0 Å². The third-order valence-electron chi connectivity index (χ3n) is 2.34. The van der Waals surface area contributed by atoms with Crippen molar-refractivity contribution in [3.05, 3.63) is 42.6 Å². The summed E-state index contributed by atoms with van der Waals surface area (Å²) in [5, 5.41) is 1.09. The summed E-state index contributed by atoms with van der Waals surface area (Å²) in [7, 11) is 0. The summed E-state index contributed by atoms with van der Waals surface area (Å²) in [6, 6.07) is 11.7. The first-order valence-corrected chi connectivity index (χ1v) is 4.90. The minimum absolute atomic E-state index is 0.296. The molecule has 3 rings (SSSR count). The highest BCUT2D eigenvalue weighted by Gasteiger charge is 2.06. The van der Waals surface area contributed by atoms with Gasteiger partial charge in [-0.05, 0) is 12.1 Å². The molecule has 16 heavy (non-hydrogen) atoms. The lowest BCUT2D eigenvalue weighted by Gasteiger charge is -1.98. The normalized spacial score (nSPS) is 10.8. The van der Waals surface area contributed by atoms with Crippen LogP contribution in [-0.2, 0) is 0 Å². The number of rotatable bonds is 1. The van der Waals surface area contributed by atoms with E-state index in [2.05, 4.69) is 9.97 Å². The first-order chi connectivity index (χ1) is 7.83. The van der Waals surface area contributed by atoms with Gasteiger partial charge in [0, 0.05) is 5.39 Å². The molecule has 0 radical (unpaired) electrons. The van der Waals surface area contributed by atoms with Crippen molar-refractivity contribution in [2.24, 2.45) is 0 Å². The van der Waals surface area contributed by atoms with Crippen LogP contribution in [0.15, 0.2) is 47.0 Å². The van der Waals surface area contributed by atoms with Crippen LogP contribution >= 0.6 is 0 Å². The van der Waals surface area contributed by atoms with E-state index in [9.17, 15) is 0 Å². The van der Waals surface area contributed by atoms with E-state index in [1.54, 1.807) is 0 Å². The molecule has 4 nitrogen and oxygen atoms in total. The quantitative estimate of drug-likeness (QED) is 0.671. The largest absolute Gasteiger partial charge is 0.419 e. The summed E-state index contributed by atoms with van der Waals surface area (Å²) in [5.41, 5.74) is 7.08. The van der Waals surface area contributed by atoms with Crippen molar-refractivity contribution in [3.8, 4) is 11.6 Å². The van der Waals surface area contributed by atoms with Crippen LogP contribution in [0.1, 0.15) is 0 Å². The molecule has 0 atom stereocenters. The van der Waals surface area contributed by atoms with Gasteiger partial charge in [-0.15, -0.1) is 0 Å². The van der Waals surface area contributed by atoms with Crippen molar-refractivity contribution in [2.75, 3.05) is 5.73 Å². The lowest BCUT2D eigenvalue weighted by Crippen LogP contribution is -1.84. The highest BCUT2D eigenvalue weighted by atomic mass is 16.4. The van der Waals surface area contributed by atoms with E-state index in [1.165, 1.54) is 6.20 Å². The smallest absolute Gasteiger partial charge is 0.247 e. The number of nitrogens with zero attached hydrogens (tertiary/aromatic N) is 2. The summed E-state index contributed by atoms with van der Waals surface area (Å²) >= 11 is 0. The van der Waals surface area contributed by atoms with Crippen LogP contribution in [0.3, 0.4) is 0 Å². The van der Waals surface area contributed by atoms with Gasteiger partial charge in [0.1, 0.15) is 5.69 Å². The summed E-state index contributed by atoms with van der Waals surface area (Å²) in [6.45, 7) is 0. The number of benzene rings is 1. The molecule has 0 amide bonds. The number of anilines is 1. The SMILES string of the molecule is Nc1cnc(-c2ccc3ccccc3n2)o1. The number of nitrogen functional groups attached to an aromatic ring is 1. The molecule has 0 saturated heterocycles. The zero-order valence-electron chi connectivity index (χ0n) is 8.42. The van der Waals surface area contributed by atoms with Gasteiger partial charge in [-0.1, -0.05) is 24.3 Å². The van der Waals surface area contributed by atoms with Crippen LogP contribution in [0.4, 0.5) is 5.88 Å². The summed E-state index contributed by atoms with van der Waals surface area (Å²) in [6.07, 6.45) is 1.48. The predicted molar refractivity (Wildman–Crippen MR) is 61.7 cm³/mol. The van der Waals surface area contributed by atoms with Crippen molar-refractivity contribution in [3.63, 3.8) is 0 Å². The fourth-order valence-corrected chi connectivity index (χ4v) is 1.59. The van der Waals surface area contributed by atoms with E-state index in [4.69, 9.17) is 10.2 Å². The van der Waals surface area contributed by atoms with Gasteiger partial charge >= 0.3 is 0 Å². The summed E-state index contributed by atoms with van der Waals surface area (Å²) < 4.78 is 5.22. The number of para-hydroxylation sites is 1. The first-order valence-electron chi connectivity index (χ1n) is 4.90. The molecule has 4 heteroatoms. The topological polar surface area (TPSA) is 64.9 Å². The maximum absolute atomic E-state index is 5.47. The Balaban J connectivity index is 2.18. The second-order valence-electron chi connectivity index (χ2n) is 3.46. The third kappa shape index (κ3) is 1.40. The standard InChI is InChI=1S/C12H9N3O/c13-11-7-14-12(16-11)10-6-5-8-3-1-2-4-9(8)15-10/h1-7H,13H2. The molecule has 0 unspecified atom stereocenters. The lowest BCUT2D eigenvalue weighted by atomic mass is 10.2. The minimum atomic E-state index is 0.296. The van der Waals surface area contributed by atoms with Crippen LogP contribution in [0, 0.1) is 0 Å². The Kier molecular flexibility index (Phi) is 1.86. The van der Waals surface area contributed by atoms with Gasteiger partial charge < -0.3 is 10.2 Å². The summed E-state index contributed by atoms with van der Waals surface area (Å²) in [4.78, 5) is 8.49. The van der Waals surface area contributed by atoms with Crippen molar-refractivity contribution < 1.29 is 4.42 Å². The van der Waals surface area contributed by atoms with Crippen LogP contribution in [0.2, 0.25) is 0 Å². The monoisotopic (exact) mass is 211 g/mol. The highest BCUT2D eigenvalue weighted by Crippen LogP contribution is 2.21. The Labute approximate surface area is 91.7 Å². The number of oxazole rings is 1. The second-order valence-corrected chi connectivity index (χ2v) is 3.46. The molecule has 2 heterocycles. The zero-order chi connectivity index (χ0) is 11.0. The molecule has 0 saturated carbocycles. The molecule has 78 valence electrons. The Bertz CT molecular complexity index is 645. The molecule has 1 aromatic carbocycles. The van der Waals surface area contributed by atoms with Crippen LogP contribution in [0.5, 0.6) is 0 Å². The fourth-order valence-electron chi connectivity index (χ4n) is 1.59. The average molecular weight is 211 g/mol. The first kappa shape index (κ1) is 8.91. The fraction of sp³-hybridized carbons (Fsp3) is 0. The maximum atomic E-state index is 5.47. The molecule has 0 spiro atoms. The van der Waals surface area contributed by atoms with Crippen LogP contribution < -0.4 is 5.73 Å². The zero-order valence-corrected chi connectivity index (χ0v) is 8.42. The van der Waals surface area contributed by atoms with Crippen LogP contribution in [0.25, 0.3) is 22.5 Å². The molecular formula is C12H9N3O. The summed E-state index contributed by atoms with van der Waals surface area (Å²) in [5.74, 6) is 0.744. The molecular weight excluding hydrogens is 202 g/mol. The molecule has 2 aromatic heterocycles. The Morgan fingerprint density at radius 1 is 1.06 bits per heavy atom. The van der Waals surface area contributed by atoms with E-state index >= 15 is 0 Å². The number of hydrogen-bond acceptors (Lipinski definition) is 4. The van der Waals surface area contributed by atoms with Gasteiger partial charge in [0.25, 0.3) is 0 Å². The maximum Gasteiger partial charge on any atom is 0.247 e. The molecule has 3 aromatic rings. The second kappa shape index (κ2) is 3.34. The molecule has 0 aliphatic carbocycles. The Morgan fingerprint density at radius 2 is 1.94 bits per heavy atom. The van der Waals surface area contributed by atoms with Crippen molar-refractivity contribution in [2.45, 2.75) is 0 Å². The number of pyridine rings is 1. The van der Waals surface area contributed by atoms with Gasteiger partial charge in [0.2, 0.25) is 11.8 Å². The third-order valence-corrected chi connectivity index (χ3v) is 2.34.